The molecule has 0 aromatic rings. The summed E-state index contributed by atoms with van der Waals surface area (Å²) >= 11 is 0. The number of carbonyl (C=O) groups is 1. The fourth-order valence-electron chi connectivity index (χ4n) is 2.88. The zero-order valence-corrected chi connectivity index (χ0v) is 12.8. The molecule has 5 nitrogen and oxygen atoms in total. The van der Waals surface area contributed by atoms with Gasteiger partial charge < -0.3 is 15.5 Å². The molecular formula is C14H28N4O. The van der Waals surface area contributed by atoms with Crippen LogP contribution in [-0.4, -0.2) is 50.5 Å². The van der Waals surface area contributed by atoms with E-state index in [1.165, 1.54) is 25.7 Å². The molecule has 0 radical (unpaired) electrons. The van der Waals surface area contributed by atoms with Crippen LogP contribution in [0.25, 0.3) is 0 Å². The Hall–Kier alpha value is -1.26. The normalized spacial score (nSPS) is 24.2. The highest BCUT2D eigenvalue weighted by Gasteiger charge is 2.31. The zero-order valence-electron chi connectivity index (χ0n) is 12.8. The SMILES string of the molecule is CCCC1(C)CCCN(C(=NC)NCC(=O)NC)C1. The predicted octanol–water partition coefficient (Wildman–Crippen LogP) is 1.21. The number of likely N-dealkylation sites (tertiary alicyclic amines) is 1. The number of likely N-dealkylation sites (N-methyl/N-ethyl adjacent to an activating group) is 1. The lowest BCUT2D eigenvalue weighted by atomic mass is 9.78. The Kier molecular flexibility index (Phi) is 6.12. The van der Waals surface area contributed by atoms with Crippen LogP contribution in [0.4, 0.5) is 0 Å². The fourth-order valence-corrected chi connectivity index (χ4v) is 2.88. The van der Waals surface area contributed by atoms with Crippen molar-refractivity contribution in [3.05, 3.63) is 0 Å². The Morgan fingerprint density at radius 2 is 2.21 bits per heavy atom. The second kappa shape index (κ2) is 7.36. The van der Waals surface area contributed by atoms with Gasteiger partial charge in [-0.2, -0.15) is 0 Å². The Labute approximate surface area is 116 Å². The van der Waals surface area contributed by atoms with Crippen LogP contribution in [0, 0.1) is 5.41 Å². The fraction of sp³-hybridized carbons (Fsp3) is 0.857. The van der Waals surface area contributed by atoms with Gasteiger partial charge in [0.15, 0.2) is 5.96 Å². The van der Waals surface area contributed by atoms with Gasteiger partial charge in [-0.05, 0) is 24.7 Å². The molecule has 1 rings (SSSR count). The molecule has 2 N–H and O–H groups in total. The van der Waals surface area contributed by atoms with Crippen LogP contribution in [0.1, 0.15) is 39.5 Å². The predicted molar refractivity (Wildman–Crippen MR) is 79.3 cm³/mol. The number of nitrogens with zero attached hydrogens (tertiary/aromatic N) is 2. The molecule has 0 saturated carbocycles. The van der Waals surface area contributed by atoms with E-state index in [2.05, 4.69) is 34.4 Å². The molecule has 0 spiro atoms. The Balaban J connectivity index is 2.58. The van der Waals surface area contributed by atoms with E-state index in [1.807, 2.05) is 0 Å². The molecule has 1 saturated heterocycles. The summed E-state index contributed by atoms with van der Waals surface area (Å²) in [6, 6.07) is 0. The van der Waals surface area contributed by atoms with Gasteiger partial charge in [-0.3, -0.25) is 9.79 Å². The summed E-state index contributed by atoms with van der Waals surface area (Å²) < 4.78 is 0. The summed E-state index contributed by atoms with van der Waals surface area (Å²) in [6.45, 7) is 6.92. The van der Waals surface area contributed by atoms with Gasteiger partial charge in [0.05, 0.1) is 6.54 Å². The first-order chi connectivity index (χ1) is 9.04. The number of hydrogen-bond acceptors (Lipinski definition) is 2. The molecule has 1 aliphatic rings. The number of hydrogen-bond donors (Lipinski definition) is 2. The van der Waals surface area contributed by atoms with Crippen LogP contribution < -0.4 is 10.6 Å². The number of rotatable bonds is 4. The summed E-state index contributed by atoms with van der Waals surface area (Å²) in [6.07, 6.45) is 4.94. The van der Waals surface area contributed by atoms with Gasteiger partial charge in [0.2, 0.25) is 5.91 Å². The Bertz CT molecular complexity index is 325. The summed E-state index contributed by atoms with van der Waals surface area (Å²) in [7, 11) is 3.42. The quantitative estimate of drug-likeness (QED) is 0.595. The summed E-state index contributed by atoms with van der Waals surface area (Å²) in [5.41, 5.74) is 0.373. The highest BCUT2D eigenvalue weighted by Crippen LogP contribution is 2.33. The van der Waals surface area contributed by atoms with Crippen molar-refractivity contribution >= 4 is 11.9 Å². The molecule has 0 aliphatic carbocycles. The molecule has 1 heterocycles. The average Bonchev–Trinajstić information content (AvgIpc) is 2.39. The van der Waals surface area contributed by atoms with Crippen LogP contribution in [0.3, 0.4) is 0 Å². The van der Waals surface area contributed by atoms with Crippen molar-refractivity contribution in [3.8, 4) is 0 Å². The number of aliphatic imine (C=N–C) groups is 1. The van der Waals surface area contributed by atoms with E-state index < -0.39 is 0 Å². The summed E-state index contributed by atoms with van der Waals surface area (Å²) in [5.74, 6) is 0.820. The van der Waals surface area contributed by atoms with Gasteiger partial charge in [0.25, 0.3) is 0 Å². The van der Waals surface area contributed by atoms with Crippen LogP contribution >= 0.6 is 0 Å². The second-order valence-corrected chi connectivity index (χ2v) is 5.66. The first kappa shape index (κ1) is 15.8. The van der Waals surface area contributed by atoms with E-state index in [0.717, 1.165) is 19.0 Å². The maximum atomic E-state index is 11.3. The minimum Gasteiger partial charge on any atom is -0.358 e. The van der Waals surface area contributed by atoms with Crippen molar-refractivity contribution in [3.63, 3.8) is 0 Å². The van der Waals surface area contributed by atoms with E-state index in [9.17, 15) is 4.79 Å². The molecule has 5 heteroatoms. The third kappa shape index (κ3) is 4.73. The van der Waals surface area contributed by atoms with Crippen LogP contribution in [0.2, 0.25) is 0 Å². The van der Waals surface area contributed by atoms with Crippen LogP contribution in [0.15, 0.2) is 4.99 Å². The molecule has 0 aromatic carbocycles. The average molecular weight is 268 g/mol. The largest absolute Gasteiger partial charge is 0.358 e. The van der Waals surface area contributed by atoms with E-state index in [4.69, 9.17) is 0 Å². The number of amides is 1. The molecule has 1 amide bonds. The van der Waals surface area contributed by atoms with Crippen molar-refractivity contribution < 1.29 is 4.79 Å². The molecular weight excluding hydrogens is 240 g/mol. The Morgan fingerprint density at radius 1 is 1.47 bits per heavy atom. The first-order valence-corrected chi connectivity index (χ1v) is 7.21. The lowest BCUT2D eigenvalue weighted by molar-refractivity contribution is -0.119. The van der Waals surface area contributed by atoms with Crippen molar-refractivity contribution in [1.29, 1.82) is 0 Å². The molecule has 110 valence electrons. The second-order valence-electron chi connectivity index (χ2n) is 5.66. The number of guanidine groups is 1. The maximum absolute atomic E-state index is 11.3. The molecule has 1 aliphatic heterocycles. The standard InChI is InChI=1S/C14H28N4O/c1-5-7-14(2)8-6-9-18(11-14)13(16-4)17-10-12(19)15-3/h5-11H2,1-4H3,(H,15,19)(H,16,17). The topological polar surface area (TPSA) is 56.7 Å². The monoisotopic (exact) mass is 268 g/mol. The smallest absolute Gasteiger partial charge is 0.239 e. The lowest BCUT2D eigenvalue weighted by Gasteiger charge is -2.41. The molecule has 1 fully saturated rings. The van der Waals surface area contributed by atoms with Gasteiger partial charge >= 0.3 is 0 Å². The van der Waals surface area contributed by atoms with Crippen LogP contribution in [0.5, 0.6) is 0 Å². The van der Waals surface area contributed by atoms with E-state index >= 15 is 0 Å². The van der Waals surface area contributed by atoms with Crippen LogP contribution in [-0.2, 0) is 4.79 Å². The van der Waals surface area contributed by atoms with Gasteiger partial charge in [-0.25, -0.2) is 0 Å². The highest BCUT2D eigenvalue weighted by atomic mass is 16.1. The van der Waals surface area contributed by atoms with E-state index in [-0.39, 0.29) is 12.5 Å². The zero-order chi connectivity index (χ0) is 14.3. The minimum atomic E-state index is -0.0190. The maximum Gasteiger partial charge on any atom is 0.239 e. The van der Waals surface area contributed by atoms with Crippen molar-refractivity contribution in [2.24, 2.45) is 10.4 Å². The Morgan fingerprint density at radius 3 is 2.79 bits per heavy atom. The molecule has 0 aromatic heterocycles. The number of piperidine rings is 1. The summed E-state index contributed by atoms with van der Waals surface area (Å²) in [4.78, 5) is 17.9. The number of nitrogens with one attached hydrogen (secondary N) is 2. The van der Waals surface area contributed by atoms with Gasteiger partial charge in [0, 0.05) is 27.2 Å². The van der Waals surface area contributed by atoms with Gasteiger partial charge in [0.1, 0.15) is 0 Å². The third-order valence-electron chi connectivity index (χ3n) is 3.83. The van der Waals surface area contributed by atoms with Gasteiger partial charge in [-0.15, -0.1) is 0 Å². The lowest BCUT2D eigenvalue weighted by Crippen LogP contribution is -2.51. The van der Waals surface area contributed by atoms with E-state index in [0.29, 0.717) is 5.41 Å². The highest BCUT2D eigenvalue weighted by molar-refractivity contribution is 5.86. The third-order valence-corrected chi connectivity index (χ3v) is 3.83. The molecule has 1 atom stereocenters. The van der Waals surface area contributed by atoms with Gasteiger partial charge in [-0.1, -0.05) is 20.3 Å². The summed E-state index contributed by atoms with van der Waals surface area (Å²) in [5, 5.41) is 5.74. The number of carbonyl (C=O) groups excluding carboxylic acids is 1. The molecule has 19 heavy (non-hydrogen) atoms. The van der Waals surface area contributed by atoms with Crippen molar-refractivity contribution in [2.45, 2.75) is 39.5 Å². The van der Waals surface area contributed by atoms with E-state index in [1.54, 1.807) is 14.1 Å². The molecule has 1 unspecified atom stereocenters. The van der Waals surface area contributed by atoms with Crippen molar-refractivity contribution in [1.82, 2.24) is 15.5 Å². The first-order valence-electron chi connectivity index (χ1n) is 7.21. The minimum absolute atomic E-state index is 0.0190. The molecule has 0 bridgehead atoms. The van der Waals surface area contributed by atoms with Crippen molar-refractivity contribution in [2.75, 3.05) is 33.7 Å².